The number of nitrogens with zero attached hydrogens (tertiary/aromatic N) is 3. The van der Waals surface area contributed by atoms with Crippen LogP contribution in [0.15, 0.2) is 66.7 Å². The smallest absolute Gasteiger partial charge is 0.255 e. The van der Waals surface area contributed by atoms with Crippen molar-refractivity contribution in [1.82, 2.24) is 15.2 Å². The molecule has 1 saturated heterocycles. The van der Waals surface area contributed by atoms with Gasteiger partial charge in [-0.05, 0) is 55.3 Å². The second kappa shape index (κ2) is 10.5. The molecule has 1 aliphatic heterocycles. The van der Waals surface area contributed by atoms with E-state index in [0.717, 1.165) is 43.4 Å². The number of aryl methyl sites for hydroxylation is 2. The standard InChI is InChI=1S/C28H30N4O2S/c1-20-18-21(2)26-24(19-20)30-28(35-26)32-16-14-31(15-17-32)13-12-29-27(33)23-10-6-7-11-25(23)34-22-8-4-3-5-9-22/h3-11,18-19H,12-17H2,1-2H3,(H,29,33). The molecule has 1 aliphatic rings. The zero-order chi connectivity index (χ0) is 24.2. The zero-order valence-corrected chi connectivity index (χ0v) is 21.0. The number of amides is 1. The molecule has 0 atom stereocenters. The van der Waals surface area contributed by atoms with Crippen LogP contribution in [-0.2, 0) is 0 Å². The van der Waals surface area contributed by atoms with Gasteiger partial charge >= 0.3 is 0 Å². The maximum atomic E-state index is 12.8. The lowest BCUT2D eigenvalue weighted by atomic mass is 10.1. The third-order valence-corrected chi connectivity index (χ3v) is 7.54. The molecular weight excluding hydrogens is 456 g/mol. The van der Waals surface area contributed by atoms with Crippen LogP contribution >= 0.6 is 11.3 Å². The van der Waals surface area contributed by atoms with Crippen LogP contribution in [0.25, 0.3) is 10.2 Å². The second-order valence-corrected chi connectivity index (χ2v) is 9.90. The Labute approximate surface area is 210 Å². The lowest BCUT2D eigenvalue weighted by molar-refractivity contribution is 0.0945. The van der Waals surface area contributed by atoms with Gasteiger partial charge in [0.25, 0.3) is 5.91 Å². The first-order chi connectivity index (χ1) is 17.1. The van der Waals surface area contributed by atoms with Gasteiger partial charge in [-0.15, -0.1) is 0 Å². The number of piperazine rings is 1. The van der Waals surface area contributed by atoms with Crippen LogP contribution in [0.3, 0.4) is 0 Å². The number of hydrogen-bond donors (Lipinski definition) is 1. The number of hydrogen-bond acceptors (Lipinski definition) is 6. The van der Waals surface area contributed by atoms with Crippen molar-refractivity contribution in [3.63, 3.8) is 0 Å². The van der Waals surface area contributed by atoms with Crippen molar-refractivity contribution in [2.75, 3.05) is 44.2 Å². The second-order valence-electron chi connectivity index (χ2n) is 8.92. The molecule has 0 aliphatic carbocycles. The van der Waals surface area contributed by atoms with Gasteiger partial charge in [-0.2, -0.15) is 0 Å². The topological polar surface area (TPSA) is 57.7 Å². The Morgan fingerprint density at radius 3 is 2.54 bits per heavy atom. The highest BCUT2D eigenvalue weighted by molar-refractivity contribution is 7.22. The van der Waals surface area contributed by atoms with Crippen LogP contribution in [0.2, 0.25) is 0 Å². The molecule has 5 rings (SSSR count). The average molecular weight is 487 g/mol. The third kappa shape index (κ3) is 5.47. The molecule has 1 aromatic heterocycles. The van der Waals surface area contributed by atoms with Crippen LogP contribution in [0, 0.1) is 13.8 Å². The number of nitrogens with one attached hydrogen (secondary N) is 1. The highest BCUT2D eigenvalue weighted by Crippen LogP contribution is 2.32. The summed E-state index contributed by atoms with van der Waals surface area (Å²) in [5, 5.41) is 4.17. The number of fused-ring (bicyclic) bond motifs is 1. The van der Waals surface area contributed by atoms with E-state index in [1.165, 1.54) is 15.8 Å². The maximum Gasteiger partial charge on any atom is 0.255 e. The molecule has 1 fully saturated rings. The number of carbonyl (C=O) groups excluding carboxylic acids is 1. The van der Waals surface area contributed by atoms with Crippen molar-refractivity contribution in [2.45, 2.75) is 13.8 Å². The molecule has 2 heterocycles. The van der Waals surface area contributed by atoms with Gasteiger partial charge in [-0.3, -0.25) is 9.69 Å². The number of para-hydroxylation sites is 2. The molecule has 1 N–H and O–H groups in total. The summed E-state index contributed by atoms with van der Waals surface area (Å²) in [6.07, 6.45) is 0. The fourth-order valence-electron chi connectivity index (χ4n) is 4.44. The molecule has 0 saturated carbocycles. The number of rotatable bonds is 7. The van der Waals surface area contributed by atoms with Gasteiger partial charge in [0.05, 0.1) is 15.8 Å². The summed E-state index contributed by atoms with van der Waals surface area (Å²) in [4.78, 5) is 22.5. The number of anilines is 1. The first-order valence-corrected chi connectivity index (χ1v) is 12.8. The Morgan fingerprint density at radius 2 is 1.74 bits per heavy atom. The van der Waals surface area contributed by atoms with E-state index in [1.54, 1.807) is 17.4 Å². The highest BCUT2D eigenvalue weighted by Gasteiger charge is 2.21. The van der Waals surface area contributed by atoms with E-state index in [1.807, 2.05) is 48.5 Å². The monoisotopic (exact) mass is 486 g/mol. The predicted octanol–water partition coefficient (Wildman–Crippen LogP) is 5.26. The number of aromatic nitrogens is 1. The lowest BCUT2D eigenvalue weighted by Gasteiger charge is -2.34. The van der Waals surface area contributed by atoms with Gasteiger partial charge in [0.15, 0.2) is 5.13 Å². The van der Waals surface area contributed by atoms with E-state index in [-0.39, 0.29) is 5.91 Å². The quantitative estimate of drug-likeness (QED) is 0.386. The summed E-state index contributed by atoms with van der Waals surface area (Å²) in [5.74, 6) is 1.16. The van der Waals surface area contributed by atoms with Gasteiger partial charge in [-0.1, -0.05) is 47.7 Å². The molecule has 35 heavy (non-hydrogen) atoms. The molecule has 3 aromatic carbocycles. The molecule has 4 aromatic rings. The van der Waals surface area contributed by atoms with E-state index in [2.05, 4.69) is 41.1 Å². The Balaban J connectivity index is 1.12. The number of carbonyl (C=O) groups is 1. The molecule has 0 bridgehead atoms. The van der Waals surface area contributed by atoms with Gasteiger partial charge in [-0.25, -0.2) is 4.98 Å². The maximum absolute atomic E-state index is 12.8. The van der Waals surface area contributed by atoms with Crippen LogP contribution in [0.5, 0.6) is 11.5 Å². The number of thiazole rings is 1. The fourth-order valence-corrected chi connectivity index (χ4v) is 5.51. The Kier molecular flexibility index (Phi) is 6.97. The molecule has 0 radical (unpaired) electrons. The van der Waals surface area contributed by atoms with Gasteiger partial charge < -0.3 is 15.0 Å². The van der Waals surface area contributed by atoms with Crippen molar-refractivity contribution in [3.05, 3.63) is 83.4 Å². The van der Waals surface area contributed by atoms with Gasteiger partial charge in [0.1, 0.15) is 11.5 Å². The van der Waals surface area contributed by atoms with E-state index in [9.17, 15) is 4.79 Å². The average Bonchev–Trinajstić information content (AvgIpc) is 3.30. The number of ether oxygens (including phenoxy) is 1. The van der Waals surface area contributed by atoms with Crippen LogP contribution in [0.4, 0.5) is 5.13 Å². The molecule has 6 nitrogen and oxygen atoms in total. The van der Waals surface area contributed by atoms with Crippen LogP contribution in [-0.4, -0.2) is 55.1 Å². The normalized spacial score (nSPS) is 14.3. The fraction of sp³-hybridized carbons (Fsp3) is 0.286. The Morgan fingerprint density at radius 1 is 1.00 bits per heavy atom. The van der Waals surface area contributed by atoms with E-state index < -0.39 is 0 Å². The minimum atomic E-state index is -0.115. The molecule has 180 valence electrons. The number of benzene rings is 3. The summed E-state index contributed by atoms with van der Waals surface area (Å²) in [6.45, 7) is 9.50. The van der Waals surface area contributed by atoms with Crippen molar-refractivity contribution in [3.8, 4) is 11.5 Å². The highest BCUT2D eigenvalue weighted by atomic mass is 32.1. The summed E-state index contributed by atoms with van der Waals surface area (Å²) >= 11 is 1.79. The van der Waals surface area contributed by atoms with Gasteiger partial charge in [0, 0.05) is 39.3 Å². The SMILES string of the molecule is Cc1cc(C)c2sc(N3CCN(CCNC(=O)c4ccccc4Oc4ccccc4)CC3)nc2c1. The summed E-state index contributed by atoms with van der Waals surface area (Å²) < 4.78 is 7.22. The van der Waals surface area contributed by atoms with Gasteiger partial charge in [0.2, 0.25) is 0 Å². The van der Waals surface area contributed by atoms with Crippen LogP contribution in [0.1, 0.15) is 21.5 Å². The minimum Gasteiger partial charge on any atom is -0.457 e. The van der Waals surface area contributed by atoms with Crippen molar-refractivity contribution >= 4 is 32.6 Å². The van der Waals surface area contributed by atoms with E-state index in [0.29, 0.717) is 23.6 Å². The van der Waals surface area contributed by atoms with Crippen molar-refractivity contribution < 1.29 is 9.53 Å². The largest absolute Gasteiger partial charge is 0.457 e. The Hall–Kier alpha value is -3.42. The van der Waals surface area contributed by atoms with E-state index in [4.69, 9.17) is 9.72 Å². The summed E-state index contributed by atoms with van der Waals surface area (Å²) in [5.41, 5.74) is 4.20. The molecule has 1 amide bonds. The van der Waals surface area contributed by atoms with Crippen LogP contribution < -0.4 is 15.0 Å². The third-order valence-electron chi connectivity index (χ3n) is 6.27. The first kappa shape index (κ1) is 23.3. The molecule has 0 spiro atoms. The van der Waals surface area contributed by atoms with Crippen molar-refractivity contribution in [2.24, 2.45) is 0 Å². The summed E-state index contributed by atoms with van der Waals surface area (Å²) in [7, 11) is 0. The first-order valence-electron chi connectivity index (χ1n) is 12.0. The molecule has 7 heteroatoms. The molecular formula is C28H30N4O2S. The van der Waals surface area contributed by atoms with E-state index >= 15 is 0 Å². The zero-order valence-electron chi connectivity index (χ0n) is 20.2. The molecule has 0 unspecified atom stereocenters. The summed E-state index contributed by atoms with van der Waals surface area (Å²) in [6, 6.07) is 21.3. The Bertz CT molecular complexity index is 1310. The van der Waals surface area contributed by atoms with Crippen molar-refractivity contribution in [1.29, 1.82) is 0 Å². The predicted molar refractivity (Wildman–Crippen MR) is 143 cm³/mol. The minimum absolute atomic E-state index is 0.115. The lowest BCUT2D eigenvalue weighted by Crippen LogP contribution is -2.48.